The molecule has 2 heterocycles. The van der Waals surface area contributed by atoms with Gasteiger partial charge in [0.25, 0.3) is 0 Å². The number of alkyl halides is 1. The van der Waals surface area contributed by atoms with Crippen LogP contribution in [0.5, 0.6) is 11.5 Å². The van der Waals surface area contributed by atoms with Crippen LogP contribution in [-0.4, -0.2) is 25.9 Å². The minimum atomic E-state index is -0.0808. The second kappa shape index (κ2) is 5.51. The molecule has 0 aliphatic carbocycles. The molecule has 3 unspecified atom stereocenters. The van der Waals surface area contributed by atoms with Crippen LogP contribution in [-0.2, 0) is 4.74 Å². The van der Waals surface area contributed by atoms with E-state index < -0.39 is 0 Å². The van der Waals surface area contributed by atoms with Crippen molar-refractivity contribution in [3.63, 3.8) is 0 Å². The van der Waals surface area contributed by atoms with Gasteiger partial charge in [0.05, 0.1) is 11.5 Å². The Morgan fingerprint density at radius 2 is 1.89 bits per heavy atom. The number of halogens is 2. The average molecular weight is 348 g/mol. The van der Waals surface area contributed by atoms with Crippen LogP contribution in [0.15, 0.2) is 16.6 Å². The van der Waals surface area contributed by atoms with Crippen molar-refractivity contribution in [2.45, 2.75) is 24.8 Å². The minimum Gasteiger partial charge on any atom is -0.486 e. The molecule has 0 saturated carbocycles. The van der Waals surface area contributed by atoms with Crippen LogP contribution in [0.4, 0.5) is 0 Å². The summed E-state index contributed by atoms with van der Waals surface area (Å²) in [5.41, 5.74) is 1.05. The van der Waals surface area contributed by atoms with Crippen molar-refractivity contribution < 1.29 is 14.2 Å². The second-order valence-electron chi connectivity index (χ2n) is 4.95. The van der Waals surface area contributed by atoms with Crippen molar-refractivity contribution in [1.29, 1.82) is 0 Å². The van der Waals surface area contributed by atoms with Crippen molar-refractivity contribution in [2.75, 3.05) is 19.8 Å². The zero-order chi connectivity index (χ0) is 13.4. The lowest BCUT2D eigenvalue weighted by Crippen LogP contribution is -2.18. The van der Waals surface area contributed by atoms with Gasteiger partial charge in [-0.2, -0.15) is 0 Å². The Balaban J connectivity index is 1.91. The van der Waals surface area contributed by atoms with E-state index >= 15 is 0 Å². The van der Waals surface area contributed by atoms with Gasteiger partial charge >= 0.3 is 0 Å². The molecule has 1 saturated heterocycles. The van der Waals surface area contributed by atoms with Gasteiger partial charge in [-0.15, -0.1) is 11.6 Å². The highest BCUT2D eigenvalue weighted by Crippen LogP contribution is 2.44. The Kier molecular flexibility index (Phi) is 3.92. The van der Waals surface area contributed by atoms with E-state index in [1.807, 2.05) is 12.1 Å². The molecule has 0 N–H and O–H groups in total. The predicted octanol–water partition coefficient (Wildman–Crippen LogP) is 3.93. The molecule has 0 radical (unpaired) electrons. The van der Waals surface area contributed by atoms with E-state index in [-0.39, 0.29) is 11.5 Å². The molecule has 0 amide bonds. The van der Waals surface area contributed by atoms with E-state index in [4.69, 9.17) is 25.8 Å². The van der Waals surface area contributed by atoms with Crippen LogP contribution in [0.25, 0.3) is 0 Å². The summed E-state index contributed by atoms with van der Waals surface area (Å²) < 4.78 is 17.8. The summed E-state index contributed by atoms with van der Waals surface area (Å²) in [7, 11) is 0. The van der Waals surface area contributed by atoms with E-state index in [1.54, 1.807) is 0 Å². The molecular weight excluding hydrogens is 332 g/mol. The molecule has 5 heteroatoms. The normalized spacial score (nSPS) is 27.3. The molecule has 2 aliphatic rings. The van der Waals surface area contributed by atoms with Crippen LogP contribution in [0.2, 0.25) is 0 Å². The van der Waals surface area contributed by atoms with Gasteiger partial charge in [0.2, 0.25) is 0 Å². The molecule has 1 aromatic carbocycles. The highest BCUT2D eigenvalue weighted by Gasteiger charge is 2.33. The highest BCUT2D eigenvalue weighted by molar-refractivity contribution is 9.10. The summed E-state index contributed by atoms with van der Waals surface area (Å²) in [4.78, 5) is 0. The summed E-state index contributed by atoms with van der Waals surface area (Å²) in [5, 5.41) is -0.0808. The lowest BCUT2D eigenvalue weighted by Gasteiger charge is -2.24. The number of hydrogen-bond donors (Lipinski definition) is 0. The third kappa shape index (κ3) is 2.58. The fourth-order valence-corrected chi connectivity index (χ4v) is 3.87. The Morgan fingerprint density at radius 1 is 1.21 bits per heavy atom. The number of fused-ring (bicyclic) bond motifs is 1. The second-order valence-corrected chi connectivity index (χ2v) is 6.27. The summed E-state index contributed by atoms with van der Waals surface area (Å²) in [5.74, 6) is 1.89. The van der Waals surface area contributed by atoms with Crippen LogP contribution in [0.3, 0.4) is 0 Å². The van der Waals surface area contributed by atoms with Crippen molar-refractivity contribution >= 4 is 27.5 Å². The van der Waals surface area contributed by atoms with Crippen LogP contribution in [0, 0.1) is 5.92 Å². The molecule has 104 valence electrons. The molecule has 1 aromatic rings. The van der Waals surface area contributed by atoms with Crippen molar-refractivity contribution in [2.24, 2.45) is 5.92 Å². The Hall–Kier alpha value is -0.450. The molecule has 3 rings (SSSR count). The molecule has 3 nitrogen and oxygen atoms in total. The molecular formula is C14H16BrClO3. The molecule has 0 bridgehead atoms. The monoisotopic (exact) mass is 346 g/mol. The number of benzene rings is 1. The first kappa shape index (κ1) is 13.5. The molecule has 0 spiro atoms. The first-order valence-electron chi connectivity index (χ1n) is 6.51. The van der Waals surface area contributed by atoms with Gasteiger partial charge in [0, 0.05) is 17.0 Å². The van der Waals surface area contributed by atoms with Gasteiger partial charge in [-0.3, -0.25) is 0 Å². The highest BCUT2D eigenvalue weighted by atomic mass is 79.9. The Morgan fingerprint density at radius 3 is 2.53 bits per heavy atom. The zero-order valence-electron chi connectivity index (χ0n) is 10.7. The van der Waals surface area contributed by atoms with Crippen molar-refractivity contribution in [3.8, 4) is 11.5 Å². The minimum absolute atomic E-state index is 0.0808. The van der Waals surface area contributed by atoms with Crippen LogP contribution < -0.4 is 9.47 Å². The van der Waals surface area contributed by atoms with Gasteiger partial charge in [-0.1, -0.05) is 15.9 Å². The van der Waals surface area contributed by atoms with E-state index in [0.717, 1.165) is 34.6 Å². The zero-order valence-corrected chi connectivity index (χ0v) is 13.0. The number of ether oxygens (including phenoxy) is 3. The topological polar surface area (TPSA) is 27.7 Å². The smallest absolute Gasteiger partial charge is 0.162 e. The van der Waals surface area contributed by atoms with Crippen LogP contribution in [0.1, 0.15) is 24.3 Å². The van der Waals surface area contributed by atoms with E-state index in [1.165, 1.54) is 0 Å². The third-order valence-corrected chi connectivity index (χ3v) is 5.01. The van der Waals surface area contributed by atoms with Gasteiger partial charge in [-0.25, -0.2) is 0 Å². The molecule has 2 aliphatic heterocycles. The maximum absolute atomic E-state index is 6.65. The van der Waals surface area contributed by atoms with E-state index in [9.17, 15) is 0 Å². The number of hydrogen-bond acceptors (Lipinski definition) is 3. The largest absolute Gasteiger partial charge is 0.486 e. The van der Waals surface area contributed by atoms with Gasteiger partial charge in [0.1, 0.15) is 13.2 Å². The maximum atomic E-state index is 6.65. The standard InChI is InChI=1S/C14H16BrClO3/c1-8-9(2-3-17-8)14(16)10-6-12-13(7-11(10)15)19-5-4-18-12/h6-9,14H,2-5H2,1H3. The summed E-state index contributed by atoms with van der Waals surface area (Å²) >= 11 is 10.2. The maximum Gasteiger partial charge on any atom is 0.162 e. The first-order valence-corrected chi connectivity index (χ1v) is 7.74. The Labute approximate surface area is 126 Å². The SMILES string of the molecule is CC1OCCC1C(Cl)c1cc2c(cc1Br)OCCO2. The lowest BCUT2D eigenvalue weighted by molar-refractivity contribution is 0.104. The van der Waals surface area contributed by atoms with E-state index in [2.05, 4.69) is 22.9 Å². The lowest BCUT2D eigenvalue weighted by atomic mass is 9.93. The average Bonchev–Trinajstić information content (AvgIpc) is 2.83. The molecule has 1 fully saturated rings. The van der Waals surface area contributed by atoms with Gasteiger partial charge < -0.3 is 14.2 Å². The summed E-state index contributed by atoms with van der Waals surface area (Å²) in [6.07, 6.45) is 1.19. The first-order chi connectivity index (χ1) is 9.16. The van der Waals surface area contributed by atoms with Crippen LogP contribution >= 0.6 is 27.5 Å². The fraction of sp³-hybridized carbons (Fsp3) is 0.571. The third-order valence-electron chi connectivity index (χ3n) is 3.77. The molecule has 3 atom stereocenters. The predicted molar refractivity (Wildman–Crippen MR) is 77.2 cm³/mol. The van der Waals surface area contributed by atoms with Gasteiger partial charge in [0.15, 0.2) is 11.5 Å². The van der Waals surface area contributed by atoms with Crippen molar-refractivity contribution in [1.82, 2.24) is 0 Å². The quantitative estimate of drug-likeness (QED) is 0.759. The fourth-order valence-electron chi connectivity index (χ4n) is 2.65. The summed E-state index contributed by atoms with van der Waals surface area (Å²) in [6, 6.07) is 3.93. The van der Waals surface area contributed by atoms with E-state index in [0.29, 0.717) is 19.1 Å². The Bertz CT molecular complexity index is 480. The van der Waals surface area contributed by atoms with Gasteiger partial charge in [-0.05, 0) is 31.0 Å². The number of rotatable bonds is 2. The van der Waals surface area contributed by atoms with Crippen molar-refractivity contribution in [3.05, 3.63) is 22.2 Å². The molecule has 0 aromatic heterocycles. The summed E-state index contributed by atoms with van der Waals surface area (Å²) in [6.45, 7) is 4.05. The molecule has 19 heavy (non-hydrogen) atoms.